The Hall–Kier alpha value is -2.42. The Morgan fingerprint density at radius 3 is 2.55 bits per heavy atom. The highest BCUT2D eigenvalue weighted by atomic mass is 19.4. The number of alkyl halides is 3. The lowest BCUT2D eigenvalue weighted by atomic mass is 9.72. The van der Waals surface area contributed by atoms with Gasteiger partial charge in [0.25, 0.3) is 0 Å². The van der Waals surface area contributed by atoms with Crippen LogP contribution in [0.15, 0.2) is 24.3 Å². The maximum Gasteiger partial charge on any atom is 0.416 e. The smallest absolute Gasteiger partial charge is 0.341 e. The topological polar surface area (TPSA) is 65.1 Å². The summed E-state index contributed by atoms with van der Waals surface area (Å²) in [6.45, 7) is 9.04. The zero-order valence-electron chi connectivity index (χ0n) is 18.0. The van der Waals surface area contributed by atoms with Gasteiger partial charge < -0.3 is 4.90 Å². The highest BCUT2D eigenvalue weighted by Gasteiger charge is 2.54. The molecule has 2 saturated heterocycles. The molecule has 31 heavy (non-hydrogen) atoms. The van der Waals surface area contributed by atoms with Crippen LogP contribution >= 0.6 is 0 Å². The molecule has 2 aliphatic rings. The molecule has 0 unspecified atom stereocenters. The fraction of sp³-hybridized carbons (Fsp3) is 0.591. The van der Waals surface area contributed by atoms with Crippen molar-refractivity contribution in [1.29, 1.82) is 0 Å². The van der Waals surface area contributed by atoms with Crippen LogP contribution < -0.4 is 0 Å². The Morgan fingerprint density at radius 2 is 1.97 bits per heavy atom. The Labute approximate surface area is 179 Å². The lowest BCUT2D eigenvalue weighted by Gasteiger charge is -2.41. The number of hydrogen-bond donors (Lipinski definition) is 1. The largest absolute Gasteiger partial charge is 0.416 e. The van der Waals surface area contributed by atoms with Gasteiger partial charge in [-0.15, -0.1) is 0 Å². The van der Waals surface area contributed by atoms with E-state index in [1.54, 1.807) is 12.1 Å². The minimum Gasteiger partial charge on any atom is -0.341 e. The number of H-pyrrole nitrogens is 1. The average molecular weight is 435 g/mol. The fourth-order valence-corrected chi connectivity index (χ4v) is 4.92. The van der Waals surface area contributed by atoms with Crippen LogP contribution in [0.25, 0.3) is 0 Å². The summed E-state index contributed by atoms with van der Waals surface area (Å²) in [5.74, 6) is 1.76. The van der Waals surface area contributed by atoms with E-state index in [0.717, 1.165) is 48.9 Å². The van der Waals surface area contributed by atoms with Crippen molar-refractivity contribution in [1.82, 2.24) is 25.0 Å². The first-order chi connectivity index (χ1) is 14.6. The molecule has 168 valence electrons. The molecule has 0 bridgehead atoms. The van der Waals surface area contributed by atoms with Gasteiger partial charge in [-0.1, -0.05) is 26.0 Å². The summed E-state index contributed by atoms with van der Waals surface area (Å²) in [7, 11) is 0. The van der Waals surface area contributed by atoms with Crippen LogP contribution in [-0.2, 0) is 22.9 Å². The highest BCUT2D eigenvalue weighted by Crippen LogP contribution is 2.44. The molecule has 3 heterocycles. The van der Waals surface area contributed by atoms with Gasteiger partial charge in [0.15, 0.2) is 5.82 Å². The molecule has 2 fully saturated rings. The van der Waals surface area contributed by atoms with Crippen LogP contribution in [-0.4, -0.2) is 57.1 Å². The van der Waals surface area contributed by atoms with Crippen LogP contribution in [0.4, 0.5) is 13.2 Å². The van der Waals surface area contributed by atoms with E-state index in [0.29, 0.717) is 19.6 Å². The van der Waals surface area contributed by atoms with Gasteiger partial charge in [0.1, 0.15) is 5.82 Å². The van der Waals surface area contributed by atoms with Crippen LogP contribution in [0.1, 0.15) is 43.0 Å². The van der Waals surface area contributed by atoms with Crippen molar-refractivity contribution in [2.75, 3.05) is 26.2 Å². The average Bonchev–Trinajstić information content (AvgIpc) is 3.31. The van der Waals surface area contributed by atoms with Gasteiger partial charge >= 0.3 is 6.18 Å². The Morgan fingerprint density at radius 1 is 1.26 bits per heavy atom. The quantitative estimate of drug-likeness (QED) is 0.800. The van der Waals surface area contributed by atoms with Gasteiger partial charge in [-0.25, -0.2) is 4.98 Å². The molecule has 4 rings (SSSR count). The van der Waals surface area contributed by atoms with Crippen LogP contribution in [0.2, 0.25) is 0 Å². The molecule has 9 heteroatoms. The molecule has 2 aromatic rings. The van der Waals surface area contributed by atoms with Crippen molar-refractivity contribution in [3.8, 4) is 0 Å². The second-order valence-electron chi connectivity index (χ2n) is 9.15. The molecule has 6 nitrogen and oxygen atoms in total. The number of fused-ring (bicyclic) bond motifs is 1. The predicted octanol–water partition coefficient (Wildman–Crippen LogP) is 3.39. The third-order valence-corrected chi connectivity index (χ3v) is 6.58. The molecule has 0 saturated carbocycles. The lowest BCUT2D eigenvalue weighted by Crippen LogP contribution is -2.49. The fourth-order valence-electron chi connectivity index (χ4n) is 4.92. The normalized spacial score (nSPS) is 24.6. The van der Waals surface area contributed by atoms with E-state index in [1.165, 1.54) is 0 Å². The monoisotopic (exact) mass is 435 g/mol. The van der Waals surface area contributed by atoms with E-state index in [2.05, 4.69) is 20.1 Å². The second kappa shape index (κ2) is 7.93. The van der Waals surface area contributed by atoms with E-state index >= 15 is 0 Å². The molecule has 1 aromatic heterocycles. The first-order valence-corrected chi connectivity index (χ1v) is 10.7. The predicted molar refractivity (Wildman–Crippen MR) is 109 cm³/mol. The molecule has 0 aliphatic carbocycles. The summed E-state index contributed by atoms with van der Waals surface area (Å²) < 4.78 is 38.5. The van der Waals surface area contributed by atoms with Crippen LogP contribution in [0.5, 0.6) is 0 Å². The van der Waals surface area contributed by atoms with Crippen molar-refractivity contribution in [3.63, 3.8) is 0 Å². The SMILES string of the molecule is Cc1nc([C@@]23CCN(Cc4ccc(C(F)(F)F)cc4)C[C@@H]2CN(C(=O)C(C)C)C3)n[nH]1. The van der Waals surface area contributed by atoms with E-state index in [-0.39, 0.29) is 23.2 Å². The number of halogens is 3. The minimum absolute atomic E-state index is 0.0747. The van der Waals surface area contributed by atoms with Gasteiger partial charge in [-0.3, -0.25) is 14.8 Å². The first-order valence-electron chi connectivity index (χ1n) is 10.7. The van der Waals surface area contributed by atoms with Gasteiger partial charge in [-0.2, -0.15) is 18.3 Å². The number of amides is 1. The molecule has 0 spiro atoms. The van der Waals surface area contributed by atoms with E-state index in [4.69, 9.17) is 0 Å². The van der Waals surface area contributed by atoms with Crippen molar-refractivity contribution in [2.45, 2.75) is 45.3 Å². The molecule has 2 atom stereocenters. The standard InChI is InChI=1S/C22H28F3N5O/c1-14(2)19(31)30-12-18-11-29(10-16-4-6-17(7-5-16)22(23,24)25)9-8-21(18,13-30)20-26-15(3)27-28-20/h4-7,14,18H,8-13H2,1-3H3,(H,26,27,28)/t18-,21-/m1/s1. The Balaban J connectivity index is 1.52. The van der Waals surface area contributed by atoms with Crippen LogP contribution in [0.3, 0.4) is 0 Å². The summed E-state index contributed by atoms with van der Waals surface area (Å²) in [6.07, 6.45) is -3.52. The van der Waals surface area contributed by atoms with E-state index in [9.17, 15) is 18.0 Å². The third-order valence-electron chi connectivity index (χ3n) is 6.58. The number of carbonyl (C=O) groups excluding carboxylic acids is 1. The first kappa shape index (κ1) is 21.8. The zero-order chi connectivity index (χ0) is 22.4. The maximum atomic E-state index is 12.8. The molecular weight excluding hydrogens is 407 g/mol. The molecular formula is C22H28F3N5O. The number of nitrogens with one attached hydrogen (secondary N) is 1. The van der Waals surface area contributed by atoms with Crippen LogP contribution in [0, 0.1) is 18.8 Å². The molecule has 2 aliphatic heterocycles. The molecule has 1 N–H and O–H groups in total. The summed E-state index contributed by atoms with van der Waals surface area (Å²) >= 11 is 0. The number of likely N-dealkylation sites (tertiary alicyclic amines) is 2. The number of aryl methyl sites for hydroxylation is 1. The summed E-state index contributed by atoms with van der Waals surface area (Å²) in [5.41, 5.74) is -0.0683. The third kappa shape index (κ3) is 4.20. The number of nitrogens with zero attached hydrogens (tertiary/aromatic N) is 4. The minimum atomic E-state index is -4.33. The number of piperidine rings is 1. The number of hydrogen-bond acceptors (Lipinski definition) is 4. The van der Waals surface area contributed by atoms with Crippen molar-refractivity contribution in [2.24, 2.45) is 11.8 Å². The Bertz CT molecular complexity index is 939. The van der Waals surface area contributed by atoms with Gasteiger partial charge in [0.05, 0.1) is 11.0 Å². The van der Waals surface area contributed by atoms with Crippen molar-refractivity contribution in [3.05, 3.63) is 47.0 Å². The summed E-state index contributed by atoms with van der Waals surface area (Å²) in [4.78, 5) is 21.5. The molecule has 1 amide bonds. The zero-order valence-corrected chi connectivity index (χ0v) is 18.0. The second-order valence-corrected chi connectivity index (χ2v) is 9.15. The van der Waals surface area contributed by atoms with Crippen molar-refractivity contribution >= 4 is 5.91 Å². The number of aromatic nitrogens is 3. The van der Waals surface area contributed by atoms with E-state index < -0.39 is 11.7 Å². The van der Waals surface area contributed by atoms with Gasteiger partial charge in [0.2, 0.25) is 5.91 Å². The molecule has 0 radical (unpaired) electrons. The summed E-state index contributed by atoms with van der Waals surface area (Å²) in [5, 5.41) is 7.39. The van der Waals surface area contributed by atoms with E-state index in [1.807, 2.05) is 25.7 Å². The Kier molecular flexibility index (Phi) is 5.57. The highest BCUT2D eigenvalue weighted by molar-refractivity contribution is 5.78. The number of carbonyl (C=O) groups is 1. The molecule has 1 aromatic carbocycles. The maximum absolute atomic E-state index is 12.8. The van der Waals surface area contributed by atoms with Crippen molar-refractivity contribution < 1.29 is 18.0 Å². The number of aromatic amines is 1. The number of rotatable bonds is 4. The van der Waals surface area contributed by atoms with Gasteiger partial charge in [0, 0.05) is 38.0 Å². The lowest BCUT2D eigenvalue weighted by molar-refractivity contribution is -0.137. The summed E-state index contributed by atoms with van der Waals surface area (Å²) in [6, 6.07) is 5.37. The number of benzene rings is 1. The van der Waals surface area contributed by atoms with Gasteiger partial charge in [-0.05, 0) is 37.6 Å².